The molecule has 17 heavy (non-hydrogen) atoms. The van der Waals surface area contributed by atoms with E-state index in [9.17, 15) is 13.2 Å². The van der Waals surface area contributed by atoms with E-state index in [1.807, 2.05) is 0 Å². The number of hydrogen-bond donors (Lipinski definition) is 1. The van der Waals surface area contributed by atoms with Crippen molar-refractivity contribution in [1.29, 1.82) is 0 Å². The van der Waals surface area contributed by atoms with E-state index in [1.54, 1.807) is 27.7 Å². The van der Waals surface area contributed by atoms with Gasteiger partial charge in [-0.15, -0.1) is 0 Å². The highest BCUT2D eigenvalue weighted by Crippen LogP contribution is 2.08. The van der Waals surface area contributed by atoms with Crippen LogP contribution in [0.2, 0.25) is 0 Å². The summed E-state index contributed by atoms with van der Waals surface area (Å²) in [6.07, 6.45) is 0.437. The van der Waals surface area contributed by atoms with Gasteiger partial charge in [-0.05, 0) is 40.5 Å². The summed E-state index contributed by atoms with van der Waals surface area (Å²) in [6.45, 7) is 7.11. The van der Waals surface area contributed by atoms with Crippen molar-refractivity contribution in [1.82, 2.24) is 5.32 Å². The normalized spacial score (nSPS) is 14.2. The minimum Gasteiger partial charge on any atom is -0.444 e. The molecule has 1 atom stereocenters. The molecule has 1 unspecified atom stereocenters. The lowest BCUT2D eigenvalue weighted by molar-refractivity contribution is 0.0506. The maximum atomic E-state index is 11.4. The van der Waals surface area contributed by atoms with Crippen LogP contribution in [-0.4, -0.2) is 31.9 Å². The Kier molecular flexibility index (Phi) is 6.26. The van der Waals surface area contributed by atoms with E-state index in [0.717, 1.165) is 0 Å². The average Bonchev–Trinajstić information content (AvgIpc) is 1.96. The quantitative estimate of drug-likeness (QED) is 0.786. The zero-order chi connectivity index (χ0) is 13.7. The monoisotopic (exact) mass is 285 g/mol. The molecule has 0 rings (SSSR count). The zero-order valence-corrected chi connectivity index (χ0v) is 12.2. The topological polar surface area (TPSA) is 72.5 Å². The van der Waals surface area contributed by atoms with E-state index in [1.165, 1.54) is 0 Å². The Morgan fingerprint density at radius 1 is 1.41 bits per heavy atom. The van der Waals surface area contributed by atoms with E-state index in [0.29, 0.717) is 12.8 Å². The summed E-state index contributed by atoms with van der Waals surface area (Å²) in [5, 5.41) is 2.62. The molecule has 0 aliphatic heterocycles. The highest BCUT2D eigenvalue weighted by atomic mass is 35.7. The van der Waals surface area contributed by atoms with Crippen LogP contribution >= 0.6 is 10.7 Å². The van der Waals surface area contributed by atoms with E-state index in [2.05, 4.69) is 5.32 Å². The van der Waals surface area contributed by atoms with Crippen LogP contribution < -0.4 is 5.32 Å². The van der Waals surface area contributed by atoms with Gasteiger partial charge in [0.05, 0.1) is 5.75 Å². The fraction of sp³-hybridized carbons (Fsp3) is 0.900. The van der Waals surface area contributed by atoms with Gasteiger partial charge in [-0.25, -0.2) is 13.2 Å². The average molecular weight is 286 g/mol. The van der Waals surface area contributed by atoms with Gasteiger partial charge in [0.1, 0.15) is 5.60 Å². The highest BCUT2D eigenvalue weighted by molar-refractivity contribution is 8.13. The van der Waals surface area contributed by atoms with Crippen LogP contribution in [0.4, 0.5) is 4.79 Å². The lowest BCUT2D eigenvalue weighted by Gasteiger charge is -2.21. The molecule has 0 aliphatic carbocycles. The summed E-state index contributed by atoms with van der Waals surface area (Å²) in [5.74, 6) is -0.0884. The van der Waals surface area contributed by atoms with Gasteiger partial charge in [-0.3, -0.25) is 0 Å². The second kappa shape index (κ2) is 6.44. The molecule has 0 aromatic rings. The van der Waals surface area contributed by atoms with Crippen LogP contribution in [0.3, 0.4) is 0 Å². The van der Waals surface area contributed by atoms with Crippen molar-refractivity contribution >= 4 is 25.8 Å². The number of rotatable bonds is 5. The minimum absolute atomic E-state index is 0.0884. The fourth-order valence-corrected chi connectivity index (χ4v) is 1.98. The van der Waals surface area contributed by atoms with E-state index >= 15 is 0 Å². The van der Waals surface area contributed by atoms with Crippen molar-refractivity contribution in [3.8, 4) is 0 Å². The van der Waals surface area contributed by atoms with Gasteiger partial charge in [0.2, 0.25) is 9.05 Å². The van der Waals surface area contributed by atoms with E-state index in [-0.39, 0.29) is 11.8 Å². The zero-order valence-electron chi connectivity index (χ0n) is 10.6. The third kappa shape index (κ3) is 11.8. The first-order valence-corrected chi connectivity index (χ1v) is 7.89. The molecule has 0 bridgehead atoms. The Labute approximate surface area is 107 Å². The first kappa shape index (κ1) is 16.5. The smallest absolute Gasteiger partial charge is 0.407 e. The maximum absolute atomic E-state index is 11.4. The van der Waals surface area contributed by atoms with Crippen LogP contribution in [0.1, 0.15) is 40.5 Å². The van der Waals surface area contributed by atoms with Crippen molar-refractivity contribution in [2.45, 2.75) is 52.2 Å². The SMILES string of the molecule is CC(CCCS(=O)(=O)Cl)NC(=O)OC(C)(C)C. The molecular formula is C10H20ClNO4S. The molecular weight excluding hydrogens is 266 g/mol. The van der Waals surface area contributed by atoms with Gasteiger partial charge in [0, 0.05) is 16.7 Å². The van der Waals surface area contributed by atoms with Crippen LogP contribution in [0.15, 0.2) is 0 Å². The van der Waals surface area contributed by atoms with Crippen molar-refractivity contribution in [2.75, 3.05) is 5.75 Å². The number of ether oxygens (including phenoxy) is 1. The summed E-state index contributed by atoms with van der Waals surface area (Å²) in [5.41, 5.74) is -0.538. The molecule has 5 nitrogen and oxygen atoms in total. The maximum Gasteiger partial charge on any atom is 0.407 e. The Hall–Kier alpha value is -0.490. The summed E-state index contributed by atoms with van der Waals surface area (Å²) in [4.78, 5) is 11.4. The van der Waals surface area contributed by atoms with Crippen LogP contribution in [0.5, 0.6) is 0 Å². The number of hydrogen-bond acceptors (Lipinski definition) is 4. The molecule has 0 spiro atoms. The van der Waals surface area contributed by atoms with E-state index < -0.39 is 20.7 Å². The third-order valence-electron chi connectivity index (χ3n) is 1.79. The van der Waals surface area contributed by atoms with Crippen LogP contribution in [0, 0.1) is 0 Å². The number of amides is 1. The Bertz CT molecular complexity index is 348. The van der Waals surface area contributed by atoms with Crippen molar-refractivity contribution in [3.63, 3.8) is 0 Å². The van der Waals surface area contributed by atoms with Crippen molar-refractivity contribution in [2.24, 2.45) is 0 Å². The second-order valence-electron chi connectivity index (χ2n) is 4.93. The van der Waals surface area contributed by atoms with Gasteiger partial charge in [-0.2, -0.15) is 0 Å². The number of carbonyl (C=O) groups excluding carboxylic acids is 1. The van der Waals surface area contributed by atoms with Crippen LogP contribution in [-0.2, 0) is 13.8 Å². The molecule has 0 aromatic carbocycles. The molecule has 0 saturated carbocycles. The number of halogens is 1. The van der Waals surface area contributed by atoms with Gasteiger partial charge in [-0.1, -0.05) is 0 Å². The molecule has 1 N–H and O–H groups in total. The largest absolute Gasteiger partial charge is 0.444 e. The first-order valence-electron chi connectivity index (χ1n) is 5.41. The molecule has 7 heteroatoms. The van der Waals surface area contributed by atoms with E-state index in [4.69, 9.17) is 15.4 Å². The van der Waals surface area contributed by atoms with Crippen molar-refractivity contribution < 1.29 is 17.9 Å². The standard InChI is InChI=1S/C10H20ClNO4S/c1-8(6-5-7-17(11,14)15)12-9(13)16-10(2,3)4/h8H,5-7H2,1-4H3,(H,12,13). The lowest BCUT2D eigenvalue weighted by atomic mass is 10.2. The van der Waals surface area contributed by atoms with Gasteiger partial charge < -0.3 is 10.1 Å². The lowest BCUT2D eigenvalue weighted by Crippen LogP contribution is -2.37. The molecule has 102 valence electrons. The van der Waals surface area contributed by atoms with Crippen molar-refractivity contribution in [3.05, 3.63) is 0 Å². The Balaban J connectivity index is 3.87. The summed E-state index contributed by atoms with van der Waals surface area (Å²) >= 11 is 0. The molecule has 0 aliphatic rings. The minimum atomic E-state index is -3.45. The number of nitrogens with one attached hydrogen (secondary N) is 1. The van der Waals surface area contributed by atoms with Gasteiger partial charge in [0.15, 0.2) is 0 Å². The predicted octanol–water partition coefficient (Wildman–Crippen LogP) is 2.25. The highest BCUT2D eigenvalue weighted by Gasteiger charge is 2.17. The predicted molar refractivity (Wildman–Crippen MR) is 67.7 cm³/mol. The Morgan fingerprint density at radius 3 is 2.35 bits per heavy atom. The number of alkyl carbamates (subject to hydrolysis) is 1. The Morgan fingerprint density at radius 2 is 1.94 bits per heavy atom. The first-order chi connectivity index (χ1) is 7.49. The summed E-state index contributed by atoms with van der Waals surface area (Å²) in [6, 6.07) is -0.150. The fourth-order valence-electron chi connectivity index (χ4n) is 1.14. The molecule has 1 amide bonds. The van der Waals surface area contributed by atoms with Crippen LogP contribution in [0.25, 0.3) is 0 Å². The molecule has 0 saturated heterocycles. The molecule has 0 aromatic heterocycles. The van der Waals surface area contributed by atoms with Gasteiger partial charge in [0.25, 0.3) is 0 Å². The molecule has 0 heterocycles. The van der Waals surface area contributed by atoms with Gasteiger partial charge >= 0.3 is 6.09 Å². The second-order valence-corrected chi connectivity index (χ2v) is 7.83. The number of carbonyl (C=O) groups is 1. The third-order valence-corrected chi connectivity index (χ3v) is 3.03. The summed E-state index contributed by atoms with van der Waals surface area (Å²) in [7, 11) is 1.62. The molecule has 0 fully saturated rings. The molecule has 0 radical (unpaired) electrons. The summed E-state index contributed by atoms with van der Waals surface area (Å²) < 4.78 is 26.4.